The Bertz CT molecular complexity index is 2240. The number of hydrogen-bond donors (Lipinski definition) is 1. The van der Waals surface area contributed by atoms with Crippen LogP contribution in [0.5, 0.6) is 0 Å². The quantitative estimate of drug-likeness (QED) is 0.0590. The van der Waals surface area contributed by atoms with Crippen LogP contribution in [0.4, 0.5) is 10.5 Å². The van der Waals surface area contributed by atoms with E-state index < -0.39 is 138 Å². The Labute approximate surface area is 415 Å². The van der Waals surface area contributed by atoms with Gasteiger partial charge in [0.15, 0.2) is 0 Å². The fraction of sp³-hybridized carbons (Fsp3) is 0.640. The number of ether oxygens (including phenoxy) is 9. The number of carbonyl (C=O) groups is 6. The molecule has 2 aromatic rings. The molecule has 0 amide bonds. The molecule has 0 aromatic heterocycles. The van der Waals surface area contributed by atoms with Crippen molar-refractivity contribution < 1.29 is 81.4 Å². The Balaban J connectivity index is 2.11. The monoisotopic (exact) mass is 1050 g/mol. The Hall–Kier alpha value is -5.14. The van der Waals surface area contributed by atoms with E-state index in [-0.39, 0.29) is 17.4 Å². The number of nitrogens with zero attached hydrogens (tertiary/aromatic N) is 1. The molecule has 2 fully saturated rings. The molecular weight excluding hydrogens is 981 g/mol. The molecule has 9 atom stereocenters. The van der Waals surface area contributed by atoms with Crippen LogP contribution < -0.4 is 4.46 Å². The van der Waals surface area contributed by atoms with Gasteiger partial charge in [-0.15, -0.1) is 0 Å². The predicted octanol–water partition coefficient (Wildman–Crippen LogP) is 6.42. The summed E-state index contributed by atoms with van der Waals surface area (Å²) in [4.78, 5) is 97.1. The van der Waals surface area contributed by atoms with Crippen LogP contribution >= 0.6 is 0 Å². The van der Waals surface area contributed by atoms with Gasteiger partial charge in [0, 0.05) is 0 Å². The molecule has 2 aliphatic heterocycles. The number of nitro benzene ring substituents is 1. The van der Waals surface area contributed by atoms with Crippen molar-refractivity contribution in [1.82, 2.24) is 0 Å². The van der Waals surface area contributed by atoms with Crippen LogP contribution in [0.3, 0.4) is 0 Å². The summed E-state index contributed by atoms with van der Waals surface area (Å²) in [6, 6.07) is 15.6. The van der Waals surface area contributed by atoms with Crippen LogP contribution in [0.2, 0.25) is 5.32 Å². The van der Waals surface area contributed by atoms with Gasteiger partial charge < -0.3 is 0 Å². The summed E-state index contributed by atoms with van der Waals surface area (Å²) < 4.78 is 54.7. The van der Waals surface area contributed by atoms with Gasteiger partial charge in [0.1, 0.15) is 0 Å². The van der Waals surface area contributed by atoms with Crippen molar-refractivity contribution in [3.05, 3.63) is 70.3 Å². The third kappa shape index (κ3) is 14.0. The average molecular weight is 1050 g/mol. The molecule has 2 aliphatic rings. The topological polar surface area (TPSA) is 249 Å². The predicted molar refractivity (Wildman–Crippen MR) is 251 cm³/mol. The summed E-state index contributed by atoms with van der Waals surface area (Å²) in [5.41, 5.74) is -11.6. The van der Waals surface area contributed by atoms with Gasteiger partial charge in [-0.1, -0.05) is 0 Å². The normalized spacial score (nSPS) is 24.8. The number of para-hydroxylation sites is 1. The zero-order valence-electron chi connectivity index (χ0n) is 42.7. The maximum absolute atomic E-state index is 15.3. The first-order valence-electron chi connectivity index (χ1n) is 23.0. The molecule has 2 bridgehead atoms. The van der Waals surface area contributed by atoms with Crippen molar-refractivity contribution in [3.63, 3.8) is 0 Å². The number of hydrogen-bond acceptors (Lipinski definition) is 18. The van der Waals surface area contributed by atoms with Gasteiger partial charge in [0.05, 0.1) is 0 Å². The van der Waals surface area contributed by atoms with Crippen molar-refractivity contribution >= 4 is 61.1 Å². The van der Waals surface area contributed by atoms with Crippen LogP contribution in [0.15, 0.2) is 54.6 Å². The van der Waals surface area contributed by atoms with E-state index in [1.807, 2.05) is 37.3 Å². The first kappa shape index (κ1) is 57.4. The average Bonchev–Trinajstić information content (AvgIpc) is 3.42. The van der Waals surface area contributed by atoms with E-state index in [0.717, 1.165) is 12.5 Å². The molecule has 2 aromatic carbocycles. The first-order valence-corrected chi connectivity index (χ1v) is 25.1. The molecule has 388 valence electrons. The SMILES string of the molecule is CC(=O)O[C@H]([C@H](CC[C@]12O[C@H](C(=O)OC(C)(C)C)[C@@](O)(C(=O)OC(C)(C)C)[C@](C(=O)OC(C)(C)C)(O1)[C@H](OC(C)=O)[C@H]2OC(=O)OC(C)(C)C)C[Se]c1ccccc1[N+](=O)[O-])[C@H](C)Cc1ccccc1. The van der Waals surface area contributed by atoms with Gasteiger partial charge in [0.2, 0.25) is 0 Å². The summed E-state index contributed by atoms with van der Waals surface area (Å²) in [5, 5.41) is 25.7. The van der Waals surface area contributed by atoms with Crippen LogP contribution in [0, 0.1) is 22.0 Å². The van der Waals surface area contributed by atoms with Crippen molar-refractivity contribution in [1.29, 1.82) is 0 Å². The van der Waals surface area contributed by atoms with Gasteiger partial charge >= 0.3 is 417 Å². The molecule has 0 radical (unpaired) electrons. The van der Waals surface area contributed by atoms with E-state index in [4.69, 9.17) is 42.6 Å². The van der Waals surface area contributed by atoms with Crippen molar-refractivity contribution in [3.8, 4) is 0 Å². The summed E-state index contributed by atoms with van der Waals surface area (Å²) in [5.74, 6) is -10.3. The van der Waals surface area contributed by atoms with E-state index in [1.165, 1.54) is 102 Å². The van der Waals surface area contributed by atoms with Crippen molar-refractivity contribution in [2.45, 2.75) is 192 Å². The van der Waals surface area contributed by atoms with Crippen LogP contribution in [0.1, 0.15) is 122 Å². The van der Waals surface area contributed by atoms with Crippen molar-refractivity contribution in [2.24, 2.45) is 11.8 Å². The minimum atomic E-state index is -3.65. The van der Waals surface area contributed by atoms with Gasteiger partial charge in [-0.2, -0.15) is 0 Å². The van der Waals surface area contributed by atoms with Gasteiger partial charge in [0.25, 0.3) is 0 Å². The second-order valence-corrected chi connectivity index (χ2v) is 23.8. The molecule has 2 heterocycles. The first-order chi connectivity index (χ1) is 32.0. The van der Waals surface area contributed by atoms with Gasteiger partial charge in [-0.25, -0.2) is 0 Å². The molecule has 2 saturated heterocycles. The van der Waals surface area contributed by atoms with Crippen LogP contribution in [-0.4, -0.2) is 125 Å². The van der Waals surface area contributed by atoms with E-state index >= 15 is 4.79 Å². The molecule has 70 heavy (non-hydrogen) atoms. The number of carbonyl (C=O) groups excluding carboxylic acids is 6. The molecular formula is C50H69NO18Se. The molecule has 20 heteroatoms. The molecule has 0 saturated carbocycles. The Kier molecular flexibility index (Phi) is 17.8. The van der Waals surface area contributed by atoms with Crippen LogP contribution in [0.25, 0.3) is 0 Å². The van der Waals surface area contributed by atoms with E-state index in [9.17, 15) is 39.2 Å². The molecule has 0 unspecified atom stereocenters. The minimum absolute atomic E-state index is 0.130. The number of rotatable bonds is 17. The third-order valence-corrected chi connectivity index (χ3v) is 13.4. The fourth-order valence-electron chi connectivity index (χ4n) is 8.29. The Morgan fingerprint density at radius 1 is 0.743 bits per heavy atom. The number of nitro groups is 1. The Morgan fingerprint density at radius 2 is 1.29 bits per heavy atom. The van der Waals surface area contributed by atoms with Gasteiger partial charge in [-0.05, 0) is 0 Å². The third-order valence-electron chi connectivity index (χ3n) is 10.8. The van der Waals surface area contributed by atoms with Crippen LogP contribution in [-0.2, 0) is 73.0 Å². The van der Waals surface area contributed by atoms with E-state index in [0.29, 0.717) is 10.9 Å². The zero-order valence-corrected chi connectivity index (χ0v) is 44.4. The van der Waals surface area contributed by atoms with Gasteiger partial charge in [-0.3, -0.25) is 0 Å². The number of benzene rings is 2. The zero-order chi connectivity index (χ0) is 53.0. The second-order valence-electron chi connectivity index (χ2n) is 21.6. The number of fused-ring (bicyclic) bond motifs is 2. The maximum atomic E-state index is 15.3. The summed E-state index contributed by atoms with van der Waals surface area (Å²) in [6.45, 7) is 21.9. The van der Waals surface area contributed by atoms with Crippen molar-refractivity contribution in [2.75, 3.05) is 0 Å². The summed E-state index contributed by atoms with van der Waals surface area (Å²) in [6.07, 6.45) is -9.78. The second kappa shape index (κ2) is 21.7. The molecule has 0 spiro atoms. The number of aliphatic hydroxyl groups is 1. The summed E-state index contributed by atoms with van der Waals surface area (Å²) in [7, 11) is 0. The molecule has 19 nitrogen and oxygen atoms in total. The molecule has 0 aliphatic carbocycles. The molecule has 4 rings (SSSR count). The fourth-order valence-corrected chi connectivity index (χ4v) is 10.8. The molecule has 1 N–H and O–H groups in total. The summed E-state index contributed by atoms with van der Waals surface area (Å²) >= 11 is -0.691. The number of esters is 5. The standard InChI is InChI=1S/C50H69NO18Se/c1-29(27-32-21-17-16-18-22-32)36(61-30(2)52)33(28-70-35-24-20-19-23-34(35)51(59)60)25-26-48-37(63-43(57)68-47(13,14)15)38(62-31(3)53)50(69-48,42(56)67-46(10,11)12)49(58,41(55)66-45(7,8)9)39(64-48)40(54)65-44(4,5)6/h16-24,29,33,36-39,58H,25-28H2,1-15H3/t29-,33-,36+,37-,38-,39-,48+,49-,50+/m1/s1. The Morgan fingerprint density at radius 3 is 1.81 bits per heavy atom. The van der Waals surface area contributed by atoms with E-state index in [2.05, 4.69) is 0 Å². The van der Waals surface area contributed by atoms with E-state index in [1.54, 1.807) is 12.1 Å².